The van der Waals surface area contributed by atoms with E-state index in [0.29, 0.717) is 6.42 Å². The third-order valence-corrected chi connectivity index (χ3v) is 7.47. The maximum atomic E-state index is 12.8. The molecule has 0 saturated carbocycles. The Kier molecular flexibility index (Phi) is 9.89. The molecule has 1 heterocycles. The van der Waals surface area contributed by atoms with Crippen molar-refractivity contribution in [2.45, 2.75) is 69.2 Å². The van der Waals surface area contributed by atoms with E-state index in [1.165, 1.54) is 12.1 Å². The molecule has 1 saturated heterocycles. The Bertz CT molecular complexity index is 1380. The highest BCUT2D eigenvalue weighted by Crippen LogP contribution is 2.37. The van der Waals surface area contributed by atoms with Gasteiger partial charge in [-0.2, -0.15) is 0 Å². The first kappa shape index (κ1) is 31.7. The number of carbonyl (C=O) groups excluding carboxylic acids is 4. The second kappa shape index (κ2) is 12.8. The average molecular weight is 593 g/mol. The van der Waals surface area contributed by atoms with Gasteiger partial charge >= 0.3 is 17.9 Å². The molecule has 13 heteroatoms. The van der Waals surface area contributed by atoms with Gasteiger partial charge in [-0.3, -0.25) is 19.2 Å². The minimum absolute atomic E-state index is 0.214. The molecule has 1 N–H and O–H groups in total. The van der Waals surface area contributed by atoms with Crippen LogP contribution in [-0.2, 0) is 54.4 Å². The summed E-state index contributed by atoms with van der Waals surface area (Å²) in [6.45, 7) is 3.35. The number of rotatable bonds is 10. The van der Waals surface area contributed by atoms with Crippen molar-refractivity contribution in [3.05, 3.63) is 59.7 Å². The molecule has 0 amide bonds. The largest absolute Gasteiger partial charge is 0.461 e. The summed E-state index contributed by atoms with van der Waals surface area (Å²) >= 11 is 0. The van der Waals surface area contributed by atoms with Crippen molar-refractivity contribution >= 4 is 33.5 Å². The monoisotopic (exact) mass is 592 g/mol. The third-order valence-electron chi connectivity index (χ3n) is 6.34. The van der Waals surface area contributed by atoms with E-state index in [9.17, 15) is 32.7 Å². The van der Waals surface area contributed by atoms with Crippen LogP contribution in [0, 0.1) is 0 Å². The van der Waals surface area contributed by atoms with E-state index in [-0.39, 0.29) is 10.6 Å². The number of aliphatic hydroxyl groups excluding tert-OH is 1. The van der Waals surface area contributed by atoms with Crippen molar-refractivity contribution in [1.82, 2.24) is 0 Å². The van der Waals surface area contributed by atoms with Gasteiger partial charge in [-0.15, -0.1) is 0 Å². The standard InChI is InChI=1S/C28H32O12S/c1-16(30)28(15-29)26(38-19(4)33)24(36-17(2)31)25(37-18(3)32)27(40-28)39-22-10-6-20(7-11-22)14-21-8-12-23(13-9-21)41(5,34)35/h6-13,24-27,29H,14-15H2,1-5H3/t24-,25-,26+,27+,28+/m1/s1. The summed E-state index contributed by atoms with van der Waals surface area (Å²) in [5.41, 5.74) is -0.483. The Labute approximate surface area is 237 Å². The van der Waals surface area contributed by atoms with Crippen molar-refractivity contribution in [2.24, 2.45) is 0 Å². The molecular formula is C28H32O12S. The van der Waals surface area contributed by atoms with Gasteiger partial charge in [0.05, 0.1) is 11.5 Å². The number of aliphatic hydroxyl groups is 1. The molecule has 1 aliphatic rings. The summed E-state index contributed by atoms with van der Waals surface area (Å²) in [4.78, 5) is 48.9. The number of ether oxygens (including phenoxy) is 5. The maximum absolute atomic E-state index is 12.8. The number of hydrogen-bond acceptors (Lipinski definition) is 12. The van der Waals surface area contributed by atoms with E-state index in [1.54, 1.807) is 36.4 Å². The van der Waals surface area contributed by atoms with E-state index in [1.807, 2.05) is 0 Å². The number of benzene rings is 2. The maximum Gasteiger partial charge on any atom is 0.303 e. The molecular weight excluding hydrogens is 560 g/mol. The third kappa shape index (κ3) is 7.69. The van der Waals surface area contributed by atoms with Crippen LogP contribution in [0.3, 0.4) is 0 Å². The predicted octanol–water partition coefficient (Wildman–Crippen LogP) is 1.53. The molecule has 222 valence electrons. The topological polar surface area (TPSA) is 169 Å². The SMILES string of the molecule is CC(=O)O[C@@H]1[C@@H](OC(C)=O)[C@@H](Oc2ccc(Cc3ccc(S(C)(=O)=O)cc3)cc2)O[C@@](CO)(C(C)=O)[C@H]1OC(C)=O. The van der Waals surface area contributed by atoms with Gasteiger partial charge in [0.25, 0.3) is 0 Å². The van der Waals surface area contributed by atoms with E-state index in [4.69, 9.17) is 23.7 Å². The lowest BCUT2D eigenvalue weighted by atomic mass is 9.83. The van der Waals surface area contributed by atoms with Gasteiger partial charge in [0.2, 0.25) is 12.4 Å². The van der Waals surface area contributed by atoms with Gasteiger partial charge in [0, 0.05) is 27.0 Å². The van der Waals surface area contributed by atoms with Crippen LogP contribution in [0.4, 0.5) is 0 Å². The van der Waals surface area contributed by atoms with Gasteiger partial charge in [-0.1, -0.05) is 24.3 Å². The Hall–Kier alpha value is -3.81. The smallest absolute Gasteiger partial charge is 0.303 e. The zero-order chi connectivity index (χ0) is 30.5. The molecule has 0 spiro atoms. The van der Waals surface area contributed by atoms with E-state index >= 15 is 0 Å². The van der Waals surface area contributed by atoms with Gasteiger partial charge in [-0.05, 0) is 48.7 Å². The van der Waals surface area contributed by atoms with E-state index in [2.05, 4.69) is 0 Å². The summed E-state index contributed by atoms with van der Waals surface area (Å²) in [6, 6.07) is 13.1. The van der Waals surface area contributed by atoms with Crippen molar-refractivity contribution in [3.63, 3.8) is 0 Å². The second-order valence-electron chi connectivity index (χ2n) is 9.62. The molecule has 0 radical (unpaired) electrons. The van der Waals surface area contributed by atoms with Crippen molar-refractivity contribution in [1.29, 1.82) is 0 Å². The average Bonchev–Trinajstić information content (AvgIpc) is 2.87. The Morgan fingerprint density at radius 3 is 1.73 bits per heavy atom. The lowest BCUT2D eigenvalue weighted by Gasteiger charge is -2.49. The zero-order valence-electron chi connectivity index (χ0n) is 23.2. The minimum atomic E-state index is -3.31. The van der Waals surface area contributed by atoms with Gasteiger partial charge < -0.3 is 28.8 Å². The minimum Gasteiger partial charge on any atom is -0.461 e. The van der Waals surface area contributed by atoms with Crippen LogP contribution in [0.1, 0.15) is 38.8 Å². The summed E-state index contributed by atoms with van der Waals surface area (Å²) in [5, 5.41) is 10.3. The van der Waals surface area contributed by atoms with Crippen LogP contribution >= 0.6 is 0 Å². The highest BCUT2D eigenvalue weighted by Gasteiger charge is 2.63. The first-order valence-corrected chi connectivity index (χ1v) is 14.4. The first-order valence-electron chi connectivity index (χ1n) is 12.5. The summed E-state index contributed by atoms with van der Waals surface area (Å²) in [6.07, 6.45) is -4.67. The van der Waals surface area contributed by atoms with Gasteiger partial charge in [-0.25, -0.2) is 8.42 Å². The first-order chi connectivity index (χ1) is 19.2. The summed E-state index contributed by atoms with van der Waals surface area (Å²) < 4.78 is 51.2. The summed E-state index contributed by atoms with van der Waals surface area (Å²) in [7, 11) is -3.31. The fourth-order valence-corrected chi connectivity index (χ4v) is 5.06. The van der Waals surface area contributed by atoms with Crippen molar-refractivity contribution in [2.75, 3.05) is 12.9 Å². The molecule has 1 fully saturated rings. The number of sulfone groups is 1. The molecule has 0 aliphatic carbocycles. The second-order valence-corrected chi connectivity index (χ2v) is 11.6. The van der Waals surface area contributed by atoms with Crippen LogP contribution in [-0.4, -0.2) is 80.3 Å². The molecule has 0 aromatic heterocycles. The predicted molar refractivity (Wildman–Crippen MR) is 141 cm³/mol. The number of Topliss-reactive ketones (excluding diaryl/α,β-unsaturated/α-hetero) is 1. The molecule has 12 nitrogen and oxygen atoms in total. The number of hydrogen-bond donors (Lipinski definition) is 1. The Balaban J connectivity index is 1.92. The van der Waals surface area contributed by atoms with E-state index < -0.39 is 70.3 Å². The van der Waals surface area contributed by atoms with E-state index in [0.717, 1.165) is 45.1 Å². The number of carbonyl (C=O) groups is 4. The highest BCUT2D eigenvalue weighted by molar-refractivity contribution is 7.90. The van der Waals surface area contributed by atoms with Crippen LogP contribution in [0.5, 0.6) is 5.75 Å². The van der Waals surface area contributed by atoms with Gasteiger partial charge in [0.1, 0.15) is 5.75 Å². The Morgan fingerprint density at radius 2 is 1.29 bits per heavy atom. The lowest BCUT2D eigenvalue weighted by molar-refractivity contribution is -0.313. The van der Waals surface area contributed by atoms with Crippen LogP contribution in [0.2, 0.25) is 0 Å². The quantitative estimate of drug-likeness (QED) is 0.312. The fourth-order valence-electron chi connectivity index (χ4n) is 4.43. The van der Waals surface area contributed by atoms with Crippen LogP contribution in [0.25, 0.3) is 0 Å². The fraction of sp³-hybridized carbons (Fsp3) is 0.429. The summed E-state index contributed by atoms with van der Waals surface area (Å²) in [5.74, 6) is -3.05. The van der Waals surface area contributed by atoms with Crippen LogP contribution in [0.15, 0.2) is 53.4 Å². The molecule has 5 atom stereocenters. The molecule has 3 rings (SSSR count). The highest BCUT2D eigenvalue weighted by atomic mass is 32.2. The molecule has 0 bridgehead atoms. The Morgan fingerprint density at radius 1 is 0.805 bits per heavy atom. The number of ketones is 1. The zero-order valence-corrected chi connectivity index (χ0v) is 24.0. The molecule has 1 aliphatic heterocycles. The number of esters is 3. The molecule has 41 heavy (non-hydrogen) atoms. The van der Waals surface area contributed by atoms with Crippen molar-refractivity contribution < 1.29 is 56.4 Å². The normalized spacial score (nSPS) is 24.1. The molecule has 2 aromatic carbocycles. The van der Waals surface area contributed by atoms with Gasteiger partial charge in [0.15, 0.2) is 33.4 Å². The van der Waals surface area contributed by atoms with Crippen molar-refractivity contribution in [3.8, 4) is 5.75 Å². The molecule has 2 aromatic rings. The molecule has 0 unspecified atom stereocenters. The van der Waals surface area contributed by atoms with Crippen LogP contribution < -0.4 is 4.74 Å². The lowest BCUT2D eigenvalue weighted by Crippen LogP contribution is -2.71.